The van der Waals surface area contributed by atoms with Crippen molar-refractivity contribution in [2.24, 2.45) is 5.92 Å². The minimum Gasteiger partial charge on any atom is -0.489 e. The van der Waals surface area contributed by atoms with E-state index in [4.69, 9.17) is 4.74 Å². The van der Waals surface area contributed by atoms with Gasteiger partial charge >= 0.3 is 0 Å². The third-order valence-electron chi connectivity index (χ3n) is 4.26. The van der Waals surface area contributed by atoms with Crippen LogP contribution in [-0.4, -0.2) is 29.9 Å². The molecule has 0 aromatic heterocycles. The second-order valence-electron chi connectivity index (χ2n) is 6.75. The molecule has 0 bridgehead atoms. The number of carbonyl (C=O) groups is 2. The van der Waals surface area contributed by atoms with Crippen LogP contribution in [0.2, 0.25) is 0 Å². The van der Waals surface area contributed by atoms with Crippen LogP contribution in [0.1, 0.15) is 36.7 Å². The fourth-order valence-corrected chi connectivity index (χ4v) is 2.66. The zero-order valence-corrected chi connectivity index (χ0v) is 16.8. The number of benzene rings is 2. The third kappa shape index (κ3) is 5.71. The first-order chi connectivity index (χ1) is 13.5. The second-order valence-corrected chi connectivity index (χ2v) is 6.75. The monoisotopic (exact) mass is 380 g/mol. The molecule has 5 heteroatoms. The number of nitrogens with one attached hydrogen (secondary N) is 1. The molecule has 1 N–H and O–H groups in total. The maximum absolute atomic E-state index is 13.0. The zero-order chi connectivity index (χ0) is 20.5. The Balaban J connectivity index is 2.18. The van der Waals surface area contributed by atoms with Crippen LogP contribution in [0.4, 0.5) is 5.69 Å². The van der Waals surface area contributed by atoms with Gasteiger partial charge < -0.3 is 15.0 Å². The topological polar surface area (TPSA) is 58.6 Å². The highest BCUT2D eigenvalue weighted by Gasteiger charge is 2.17. The molecule has 5 nitrogen and oxygen atoms in total. The molecule has 2 amide bonds. The van der Waals surface area contributed by atoms with Gasteiger partial charge in [0.1, 0.15) is 12.4 Å². The van der Waals surface area contributed by atoms with E-state index in [1.165, 1.54) is 0 Å². The van der Waals surface area contributed by atoms with E-state index in [1.54, 1.807) is 35.2 Å². The van der Waals surface area contributed by atoms with Crippen LogP contribution in [0.3, 0.4) is 0 Å². The first-order valence-electron chi connectivity index (χ1n) is 9.48. The van der Waals surface area contributed by atoms with Gasteiger partial charge in [0.05, 0.1) is 0 Å². The summed E-state index contributed by atoms with van der Waals surface area (Å²) < 4.78 is 5.70. The highest BCUT2D eigenvalue weighted by atomic mass is 16.5. The van der Waals surface area contributed by atoms with Gasteiger partial charge in [-0.05, 0) is 31.2 Å². The van der Waals surface area contributed by atoms with E-state index in [9.17, 15) is 9.59 Å². The van der Waals surface area contributed by atoms with Crippen LogP contribution in [0, 0.1) is 5.92 Å². The molecule has 148 valence electrons. The summed E-state index contributed by atoms with van der Waals surface area (Å²) in [4.78, 5) is 26.7. The molecule has 0 atom stereocenters. The van der Waals surface area contributed by atoms with Crippen molar-refractivity contribution >= 4 is 17.5 Å². The Bertz CT molecular complexity index is 830. The molecule has 0 spiro atoms. The number of anilines is 1. The van der Waals surface area contributed by atoms with Gasteiger partial charge in [-0.2, -0.15) is 0 Å². The second kappa shape index (κ2) is 10.3. The maximum Gasteiger partial charge on any atom is 0.254 e. The number of nitrogens with zero attached hydrogens (tertiary/aromatic N) is 1. The lowest BCUT2D eigenvalue weighted by Crippen LogP contribution is -2.30. The van der Waals surface area contributed by atoms with Crippen molar-refractivity contribution in [1.29, 1.82) is 0 Å². The number of hydrogen-bond donors (Lipinski definition) is 1. The minimum atomic E-state index is -0.126. The average molecular weight is 380 g/mol. The van der Waals surface area contributed by atoms with Crippen molar-refractivity contribution in [3.63, 3.8) is 0 Å². The van der Waals surface area contributed by atoms with Crippen LogP contribution in [-0.2, 0) is 11.3 Å². The highest BCUT2D eigenvalue weighted by Crippen LogP contribution is 2.21. The predicted octanol–water partition coefficient (Wildman–Crippen LogP) is 4.51. The Kier molecular flexibility index (Phi) is 7.81. The predicted molar refractivity (Wildman–Crippen MR) is 112 cm³/mol. The van der Waals surface area contributed by atoms with Crippen molar-refractivity contribution in [2.75, 3.05) is 18.5 Å². The largest absolute Gasteiger partial charge is 0.489 e. The molecule has 0 saturated heterocycles. The Labute approximate surface area is 167 Å². The maximum atomic E-state index is 13.0. The fourth-order valence-electron chi connectivity index (χ4n) is 2.66. The Morgan fingerprint density at radius 1 is 1.18 bits per heavy atom. The molecule has 0 aliphatic heterocycles. The van der Waals surface area contributed by atoms with Crippen LogP contribution in [0.15, 0.2) is 61.2 Å². The molecule has 2 aromatic rings. The molecule has 0 saturated carbocycles. The standard InChI is InChI=1S/C23H28N2O3/c1-5-14-28-21-13-8-7-10-19(21)16-25(6-2)23(27)18-11-9-12-20(15-18)24-22(26)17(3)4/h5,7-13,15,17H,1,6,14,16H2,2-4H3,(H,24,26). The molecule has 0 heterocycles. The quantitative estimate of drug-likeness (QED) is 0.651. The van der Waals surface area contributed by atoms with E-state index in [0.29, 0.717) is 30.9 Å². The Morgan fingerprint density at radius 3 is 2.61 bits per heavy atom. The summed E-state index contributed by atoms with van der Waals surface area (Å²) in [5, 5.41) is 2.84. The van der Waals surface area contributed by atoms with Gasteiger partial charge in [0.25, 0.3) is 5.91 Å². The Morgan fingerprint density at radius 2 is 1.93 bits per heavy atom. The van der Waals surface area contributed by atoms with E-state index in [2.05, 4.69) is 11.9 Å². The molecular formula is C23H28N2O3. The van der Waals surface area contributed by atoms with Crippen molar-refractivity contribution in [3.05, 3.63) is 72.3 Å². The van der Waals surface area contributed by atoms with E-state index in [-0.39, 0.29) is 17.7 Å². The molecule has 0 aliphatic rings. The fraction of sp³-hybridized carbons (Fsp3) is 0.304. The molecule has 2 rings (SSSR count). The van der Waals surface area contributed by atoms with E-state index >= 15 is 0 Å². The minimum absolute atomic E-state index is 0.0785. The molecule has 28 heavy (non-hydrogen) atoms. The number of hydrogen-bond acceptors (Lipinski definition) is 3. The van der Waals surface area contributed by atoms with Crippen molar-refractivity contribution in [2.45, 2.75) is 27.3 Å². The molecule has 0 unspecified atom stereocenters. The molecule has 0 aliphatic carbocycles. The van der Waals surface area contributed by atoms with Gasteiger partial charge in [0.2, 0.25) is 5.91 Å². The molecule has 0 fully saturated rings. The number of amides is 2. The van der Waals surface area contributed by atoms with E-state index in [1.807, 2.05) is 45.0 Å². The summed E-state index contributed by atoms with van der Waals surface area (Å²) >= 11 is 0. The first kappa shape index (κ1) is 21.2. The summed E-state index contributed by atoms with van der Waals surface area (Å²) in [6, 6.07) is 14.7. The van der Waals surface area contributed by atoms with Crippen LogP contribution in [0.5, 0.6) is 5.75 Å². The lowest BCUT2D eigenvalue weighted by molar-refractivity contribution is -0.118. The van der Waals surface area contributed by atoms with Gasteiger partial charge in [-0.25, -0.2) is 0 Å². The van der Waals surface area contributed by atoms with E-state index in [0.717, 1.165) is 11.3 Å². The smallest absolute Gasteiger partial charge is 0.254 e. The highest BCUT2D eigenvalue weighted by molar-refractivity contribution is 5.97. The summed E-state index contributed by atoms with van der Waals surface area (Å²) in [7, 11) is 0. The van der Waals surface area contributed by atoms with Gasteiger partial charge in [-0.3, -0.25) is 9.59 Å². The Hall–Kier alpha value is -3.08. The number of para-hydroxylation sites is 1. The number of carbonyl (C=O) groups excluding carboxylic acids is 2. The normalized spacial score (nSPS) is 10.4. The van der Waals surface area contributed by atoms with Gasteiger partial charge in [0, 0.05) is 35.8 Å². The van der Waals surface area contributed by atoms with E-state index < -0.39 is 0 Å². The lowest BCUT2D eigenvalue weighted by Gasteiger charge is -2.23. The summed E-state index contributed by atoms with van der Waals surface area (Å²) in [6.45, 7) is 10.7. The molecular weight excluding hydrogens is 352 g/mol. The summed E-state index contributed by atoms with van der Waals surface area (Å²) in [6.07, 6.45) is 1.69. The SMILES string of the molecule is C=CCOc1ccccc1CN(CC)C(=O)c1cccc(NC(=O)C(C)C)c1. The van der Waals surface area contributed by atoms with Crippen molar-refractivity contribution < 1.29 is 14.3 Å². The zero-order valence-electron chi connectivity index (χ0n) is 16.8. The number of rotatable bonds is 9. The third-order valence-corrected chi connectivity index (χ3v) is 4.26. The van der Waals surface area contributed by atoms with Crippen LogP contribution >= 0.6 is 0 Å². The average Bonchev–Trinajstić information content (AvgIpc) is 2.70. The molecule has 2 aromatic carbocycles. The molecule has 0 radical (unpaired) electrons. The first-order valence-corrected chi connectivity index (χ1v) is 9.48. The van der Waals surface area contributed by atoms with Crippen molar-refractivity contribution in [1.82, 2.24) is 4.90 Å². The van der Waals surface area contributed by atoms with Gasteiger partial charge in [-0.1, -0.05) is 50.8 Å². The number of ether oxygens (including phenoxy) is 1. The van der Waals surface area contributed by atoms with Crippen LogP contribution < -0.4 is 10.1 Å². The van der Waals surface area contributed by atoms with Crippen LogP contribution in [0.25, 0.3) is 0 Å². The van der Waals surface area contributed by atoms with Gasteiger partial charge in [0.15, 0.2) is 0 Å². The van der Waals surface area contributed by atoms with Crippen molar-refractivity contribution in [3.8, 4) is 5.75 Å². The summed E-state index contributed by atoms with van der Waals surface area (Å²) in [5.41, 5.74) is 2.09. The lowest BCUT2D eigenvalue weighted by atomic mass is 10.1. The summed E-state index contributed by atoms with van der Waals surface area (Å²) in [5.74, 6) is 0.442. The van der Waals surface area contributed by atoms with Gasteiger partial charge in [-0.15, -0.1) is 0 Å².